The number of hydrogen-bond acceptors (Lipinski definition) is 7. The van der Waals surface area contributed by atoms with Crippen LogP contribution in [0.1, 0.15) is 58.3 Å². The first-order valence-corrected chi connectivity index (χ1v) is 16.1. The van der Waals surface area contributed by atoms with Crippen LogP contribution in [0.3, 0.4) is 0 Å². The maximum absolute atomic E-state index is 13.0. The number of rotatable bonds is 12. The van der Waals surface area contributed by atoms with E-state index in [9.17, 15) is 22.8 Å². The van der Waals surface area contributed by atoms with E-state index in [4.69, 9.17) is 9.15 Å². The highest BCUT2D eigenvalue weighted by Gasteiger charge is 2.31. The third-order valence-electron chi connectivity index (χ3n) is 7.54. The fraction of sp³-hybridized carbons (Fsp3) is 0.531. The Hall–Kier alpha value is -3.25. The van der Waals surface area contributed by atoms with Gasteiger partial charge in [0, 0.05) is 60.8 Å². The molecule has 1 aliphatic rings. The number of benzene rings is 1. The number of halogens is 3. The highest BCUT2D eigenvalue weighted by Crippen LogP contribution is 2.34. The van der Waals surface area contributed by atoms with Crippen molar-refractivity contribution in [1.82, 2.24) is 19.7 Å². The minimum absolute atomic E-state index is 0.0646. The van der Waals surface area contributed by atoms with Crippen molar-refractivity contribution in [3.8, 4) is 5.75 Å². The molecule has 1 aromatic carbocycles. The molecule has 2 aromatic heterocycles. The molecule has 12 heteroatoms. The molecule has 3 heterocycles. The zero-order valence-electron chi connectivity index (χ0n) is 25.7. The number of carbonyl (C=O) groups excluding carboxylic acids is 1. The molecular formula is C32H41F3N4O4S. The van der Waals surface area contributed by atoms with Crippen molar-refractivity contribution in [3.05, 3.63) is 64.3 Å². The second-order valence-electron chi connectivity index (χ2n) is 11.5. The molecule has 1 saturated heterocycles. The van der Waals surface area contributed by atoms with E-state index in [1.54, 1.807) is 11.8 Å². The SMILES string of the molecule is CC(C)N(C(=O)N1CCN(Cc2cc(=O)c(OCCCCCSc3ccnc4cc(C(F)(F)F)ccc34)co2)CC1)C(C)C. The van der Waals surface area contributed by atoms with E-state index in [0.29, 0.717) is 56.0 Å². The molecule has 1 fully saturated rings. The highest BCUT2D eigenvalue weighted by atomic mass is 32.2. The van der Waals surface area contributed by atoms with Crippen molar-refractivity contribution in [1.29, 1.82) is 0 Å². The Bertz CT molecular complexity index is 1450. The fourth-order valence-electron chi connectivity index (χ4n) is 5.31. The van der Waals surface area contributed by atoms with Crippen molar-refractivity contribution in [2.45, 2.75) is 76.7 Å². The van der Waals surface area contributed by atoms with Crippen molar-refractivity contribution >= 4 is 28.7 Å². The predicted molar refractivity (Wildman–Crippen MR) is 166 cm³/mol. The molecule has 1 aliphatic heterocycles. The van der Waals surface area contributed by atoms with Crippen LogP contribution in [0.15, 0.2) is 56.9 Å². The van der Waals surface area contributed by atoms with E-state index < -0.39 is 11.7 Å². The van der Waals surface area contributed by atoms with Gasteiger partial charge in [-0.1, -0.05) is 6.07 Å². The maximum Gasteiger partial charge on any atom is 0.416 e. The van der Waals surface area contributed by atoms with Gasteiger partial charge in [0.05, 0.1) is 24.2 Å². The Balaban J connectivity index is 1.16. The Kier molecular flexibility index (Phi) is 11.6. The molecule has 0 unspecified atom stereocenters. The van der Waals surface area contributed by atoms with Crippen LogP contribution >= 0.6 is 11.8 Å². The van der Waals surface area contributed by atoms with Crippen molar-refractivity contribution < 1.29 is 27.1 Å². The Morgan fingerprint density at radius 1 is 1.05 bits per heavy atom. The van der Waals surface area contributed by atoms with Gasteiger partial charge in [-0.05, 0) is 70.9 Å². The Labute approximate surface area is 260 Å². The molecule has 0 atom stereocenters. The number of carbonyl (C=O) groups is 1. The molecule has 0 spiro atoms. The van der Waals surface area contributed by atoms with E-state index in [1.165, 1.54) is 24.6 Å². The average Bonchev–Trinajstić information content (AvgIpc) is 2.97. The lowest BCUT2D eigenvalue weighted by Crippen LogP contribution is -2.55. The van der Waals surface area contributed by atoms with Crippen LogP contribution in [0.5, 0.6) is 5.75 Å². The number of pyridine rings is 1. The average molecular weight is 635 g/mol. The van der Waals surface area contributed by atoms with Gasteiger partial charge in [0.25, 0.3) is 0 Å². The van der Waals surface area contributed by atoms with Gasteiger partial charge in [-0.25, -0.2) is 4.79 Å². The summed E-state index contributed by atoms with van der Waals surface area (Å²) in [5, 5.41) is 0.709. The molecule has 3 aromatic rings. The smallest absolute Gasteiger partial charge is 0.416 e. The lowest BCUT2D eigenvalue weighted by molar-refractivity contribution is -0.137. The van der Waals surface area contributed by atoms with Gasteiger partial charge in [-0.2, -0.15) is 13.2 Å². The summed E-state index contributed by atoms with van der Waals surface area (Å²) in [6, 6.07) is 7.28. The maximum atomic E-state index is 13.0. The van der Waals surface area contributed by atoms with Crippen molar-refractivity contribution in [2.75, 3.05) is 38.5 Å². The van der Waals surface area contributed by atoms with Gasteiger partial charge in [-0.15, -0.1) is 11.8 Å². The van der Waals surface area contributed by atoms with Gasteiger partial charge in [0.2, 0.25) is 11.2 Å². The predicted octanol–water partition coefficient (Wildman–Crippen LogP) is 6.90. The van der Waals surface area contributed by atoms with E-state index >= 15 is 0 Å². The van der Waals surface area contributed by atoms with E-state index in [-0.39, 0.29) is 29.3 Å². The number of alkyl halides is 3. The number of thioether (sulfide) groups is 1. The van der Waals surface area contributed by atoms with E-state index in [0.717, 1.165) is 42.0 Å². The third-order valence-corrected chi connectivity index (χ3v) is 8.70. The van der Waals surface area contributed by atoms with Crippen molar-refractivity contribution in [3.63, 3.8) is 0 Å². The standard InChI is InChI=1S/C32H41F3N4O4S/c1-22(2)39(23(3)4)31(41)38-14-12-37(13-15-38)20-25-19-28(40)29(21-43-25)42-16-6-5-7-17-44-30-10-11-36-27-18-24(32(33,34)35)8-9-26(27)30/h8-11,18-19,21-23H,5-7,12-17,20H2,1-4H3. The molecule has 4 rings (SSSR count). The number of urea groups is 1. The van der Waals surface area contributed by atoms with Crippen LogP contribution in [0.2, 0.25) is 0 Å². The molecule has 8 nitrogen and oxygen atoms in total. The molecule has 44 heavy (non-hydrogen) atoms. The van der Waals surface area contributed by atoms with Crippen LogP contribution < -0.4 is 10.2 Å². The summed E-state index contributed by atoms with van der Waals surface area (Å²) in [6.07, 6.45) is 1.02. The molecule has 0 N–H and O–H groups in total. The summed E-state index contributed by atoms with van der Waals surface area (Å²) >= 11 is 1.59. The van der Waals surface area contributed by atoms with Gasteiger partial charge in [-0.3, -0.25) is 14.7 Å². The first kappa shape index (κ1) is 33.6. The summed E-state index contributed by atoms with van der Waals surface area (Å²) in [5.74, 6) is 1.54. The minimum Gasteiger partial charge on any atom is -0.487 e. The van der Waals surface area contributed by atoms with Crippen LogP contribution in [0.25, 0.3) is 10.9 Å². The first-order chi connectivity index (χ1) is 20.9. The van der Waals surface area contributed by atoms with Gasteiger partial charge < -0.3 is 19.0 Å². The molecule has 0 radical (unpaired) electrons. The number of unbranched alkanes of at least 4 members (excludes halogenated alkanes) is 2. The highest BCUT2D eigenvalue weighted by molar-refractivity contribution is 7.99. The van der Waals surface area contributed by atoms with Crippen LogP contribution in [0, 0.1) is 0 Å². The number of amides is 2. The monoisotopic (exact) mass is 634 g/mol. The number of aromatic nitrogens is 1. The normalized spacial score (nSPS) is 14.5. The second-order valence-corrected chi connectivity index (χ2v) is 12.6. The van der Waals surface area contributed by atoms with E-state index in [2.05, 4.69) is 9.88 Å². The Morgan fingerprint density at radius 2 is 1.77 bits per heavy atom. The van der Waals surface area contributed by atoms with Crippen LogP contribution in [0.4, 0.5) is 18.0 Å². The van der Waals surface area contributed by atoms with Crippen LogP contribution in [-0.4, -0.2) is 76.3 Å². The summed E-state index contributed by atoms with van der Waals surface area (Å²) in [5.41, 5.74) is -0.595. The van der Waals surface area contributed by atoms with Gasteiger partial charge in [0.1, 0.15) is 12.0 Å². The quantitative estimate of drug-likeness (QED) is 0.158. The largest absolute Gasteiger partial charge is 0.487 e. The molecule has 2 amide bonds. The lowest BCUT2D eigenvalue weighted by atomic mass is 10.1. The third kappa shape index (κ3) is 8.90. The summed E-state index contributed by atoms with van der Waals surface area (Å²) in [6.45, 7) is 11.6. The van der Waals surface area contributed by atoms with Gasteiger partial charge >= 0.3 is 12.2 Å². The topological polar surface area (TPSA) is 79.1 Å². The second kappa shape index (κ2) is 15.2. The summed E-state index contributed by atoms with van der Waals surface area (Å²) in [7, 11) is 0. The molecule has 0 bridgehead atoms. The molecule has 240 valence electrons. The van der Waals surface area contributed by atoms with Gasteiger partial charge in [0.15, 0.2) is 0 Å². The number of nitrogens with zero attached hydrogens (tertiary/aromatic N) is 4. The number of piperazine rings is 1. The first-order valence-electron chi connectivity index (χ1n) is 15.1. The zero-order valence-corrected chi connectivity index (χ0v) is 26.5. The number of ether oxygens (including phenoxy) is 1. The Morgan fingerprint density at radius 3 is 2.43 bits per heavy atom. The molecule has 0 aliphatic carbocycles. The number of fused-ring (bicyclic) bond motifs is 1. The van der Waals surface area contributed by atoms with Crippen LogP contribution in [-0.2, 0) is 12.7 Å². The summed E-state index contributed by atoms with van der Waals surface area (Å²) < 4.78 is 50.4. The zero-order chi connectivity index (χ0) is 31.9. The number of hydrogen-bond donors (Lipinski definition) is 0. The molecule has 0 saturated carbocycles. The summed E-state index contributed by atoms with van der Waals surface area (Å²) in [4.78, 5) is 36.5. The minimum atomic E-state index is -4.40. The molecular weight excluding hydrogens is 593 g/mol. The fourth-order valence-corrected chi connectivity index (χ4v) is 6.37. The van der Waals surface area contributed by atoms with Crippen molar-refractivity contribution in [2.24, 2.45) is 0 Å². The van der Waals surface area contributed by atoms with E-state index in [1.807, 2.05) is 43.6 Å². The lowest BCUT2D eigenvalue weighted by Gasteiger charge is -2.40.